The topological polar surface area (TPSA) is 148 Å². The molecular weight excluding hydrogens is 484 g/mol. The Morgan fingerprint density at radius 2 is 1.97 bits per heavy atom. The molecule has 0 unspecified atom stereocenters. The summed E-state index contributed by atoms with van der Waals surface area (Å²) in [6.07, 6.45) is 4.94. The van der Waals surface area contributed by atoms with E-state index in [1.54, 1.807) is 4.90 Å². The fourth-order valence-corrected chi connectivity index (χ4v) is 4.96. The maximum Gasteiger partial charge on any atom is 0.250 e. The number of nitrogens with zero attached hydrogens (tertiary/aromatic N) is 5. The van der Waals surface area contributed by atoms with Gasteiger partial charge in [0.25, 0.3) is 5.91 Å². The first-order valence-corrected chi connectivity index (χ1v) is 13.3. The van der Waals surface area contributed by atoms with Crippen LogP contribution in [0.4, 0.5) is 11.8 Å². The van der Waals surface area contributed by atoms with Crippen molar-refractivity contribution >= 4 is 28.7 Å². The van der Waals surface area contributed by atoms with E-state index >= 15 is 0 Å². The van der Waals surface area contributed by atoms with Gasteiger partial charge in [0.15, 0.2) is 5.82 Å². The highest BCUT2D eigenvalue weighted by Gasteiger charge is 2.21. The third-order valence-electron chi connectivity index (χ3n) is 7.19. The minimum absolute atomic E-state index is 0.0243. The van der Waals surface area contributed by atoms with Crippen molar-refractivity contribution in [1.82, 2.24) is 24.3 Å². The molecule has 3 aromatic rings. The fraction of sp³-hybridized carbons (Fsp3) is 0.519. The molecule has 1 fully saturated rings. The largest absolute Gasteiger partial charge is 0.394 e. The van der Waals surface area contributed by atoms with Crippen LogP contribution < -0.4 is 16.9 Å². The number of nitrogens with one attached hydrogen (secondary N) is 1. The second kappa shape index (κ2) is 13.0. The molecule has 1 aliphatic heterocycles. The number of carbonyl (C=O) groups excluding carboxylic acids is 1. The Morgan fingerprint density at radius 3 is 2.68 bits per heavy atom. The summed E-state index contributed by atoms with van der Waals surface area (Å²) >= 11 is 0. The molecule has 0 aliphatic carbocycles. The lowest BCUT2D eigenvalue weighted by molar-refractivity contribution is -0.138. The van der Waals surface area contributed by atoms with Crippen LogP contribution in [-0.2, 0) is 22.7 Å². The lowest BCUT2D eigenvalue weighted by Gasteiger charge is -2.34. The highest BCUT2D eigenvalue weighted by atomic mass is 16.6. The van der Waals surface area contributed by atoms with Gasteiger partial charge in [0.05, 0.1) is 18.2 Å². The van der Waals surface area contributed by atoms with Gasteiger partial charge in [-0.25, -0.2) is 10.9 Å². The number of hydrogen-bond donors (Lipinski definition) is 4. The molecule has 4 rings (SSSR count). The molecule has 0 bridgehead atoms. The average Bonchev–Trinajstić information content (AvgIpc) is 3.31. The summed E-state index contributed by atoms with van der Waals surface area (Å²) < 4.78 is 2.14. The van der Waals surface area contributed by atoms with Crippen LogP contribution in [0.15, 0.2) is 30.5 Å². The second-order valence-corrected chi connectivity index (χ2v) is 10.0. The number of unbranched alkanes of at least 4 members (excludes halogenated alkanes) is 1. The Labute approximate surface area is 223 Å². The van der Waals surface area contributed by atoms with E-state index in [2.05, 4.69) is 61.6 Å². The van der Waals surface area contributed by atoms with E-state index in [1.165, 1.54) is 16.7 Å². The quantitative estimate of drug-likeness (QED) is 0.261. The number of carbonyl (C=O) groups is 1. The highest BCUT2D eigenvalue weighted by Crippen LogP contribution is 2.26. The predicted octanol–water partition coefficient (Wildman–Crippen LogP) is 1.87. The molecule has 206 valence electrons. The summed E-state index contributed by atoms with van der Waals surface area (Å²) in [4.78, 5) is 29.6. The average molecular weight is 525 g/mol. The molecule has 1 atom stereocenters. The number of piperazine rings is 1. The molecule has 2 aromatic heterocycles. The molecule has 6 N–H and O–H groups in total. The van der Waals surface area contributed by atoms with Crippen molar-refractivity contribution in [1.29, 1.82) is 0 Å². The minimum atomic E-state index is -0.0977. The number of nitrogens with two attached hydrogens (primary N) is 2. The van der Waals surface area contributed by atoms with Crippen LogP contribution >= 0.6 is 0 Å². The number of aryl methyl sites for hydroxylation is 1. The van der Waals surface area contributed by atoms with Crippen molar-refractivity contribution in [2.75, 3.05) is 50.4 Å². The van der Waals surface area contributed by atoms with E-state index in [1.807, 2.05) is 12.3 Å². The minimum Gasteiger partial charge on any atom is -0.394 e. The number of nitrogen functional groups attached to an aromatic ring is 1. The molecule has 0 saturated carbocycles. The molecule has 0 spiro atoms. The Bertz CT molecular complexity index is 1220. The Hall–Kier alpha value is -3.25. The van der Waals surface area contributed by atoms with E-state index in [9.17, 15) is 9.90 Å². The summed E-state index contributed by atoms with van der Waals surface area (Å²) in [7, 11) is 0. The summed E-state index contributed by atoms with van der Waals surface area (Å²) in [5.41, 5.74) is 11.3. The van der Waals surface area contributed by atoms with Gasteiger partial charge in [0, 0.05) is 45.5 Å². The number of fused-ring (bicyclic) bond motifs is 1. The van der Waals surface area contributed by atoms with Gasteiger partial charge in [-0.15, -0.1) is 0 Å². The van der Waals surface area contributed by atoms with Gasteiger partial charge in [-0.05, 0) is 36.1 Å². The van der Waals surface area contributed by atoms with Crippen molar-refractivity contribution in [2.24, 2.45) is 5.90 Å². The number of benzene rings is 1. The van der Waals surface area contributed by atoms with Crippen LogP contribution in [0.2, 0.25) is 0 Å². The van der Waals surface area contributed by atoms with Gasteiger partial charge in [-0.2, -0.15) is 4.98 Å². The molecule has 3 heterocycles. The molecule has 0 radical (unpaired) electrons. The summed E-state index contributed by atoms with van der Waals surface area (Å²) in [6, 6.07) is 8.44. The summed E-state index contributed by atoms with van der Waals surface area (Å²) in [5.74, 6) is 5.83. The zero-order valence-electron chi connectivity index (χ0n) is 22.4. The number of hydrogen-bond acceptors (Lipinski definition) is 9. The van der Waals surface area contributed by atoms with E-state index in [4.69, 9.17) is 11.6 Å². The predicted molar refractivity (Wildman–Crippen MR) is 148 cm³/mol. The van der Waals surface area contributed by atoms with E-state index in [-0.39, 0.29) is 31.1 Å². The first kappa shape index (κ1) is 27.8. The van der Waals surface area contributed by atoms with Crippen molar-refractivity contribution in [3.05, 3.63) is 47.2 Å². The summed E-state index contributed by atoms with van der Waals surface area (Å²) in [5, 5.41) is 13.3. The van der Waals surface area contributed by atoms with Crippen LogP contribution in [0.3, 0.4) is 0 Å². The third-order valence-corrected chi connectivity index (χ3v) is 7.19. The van der Waals surface area contributed by atoms with Gasteiger partial charge in [-0.1, -0.05) is 38.0 Å². The Balaban J connectivity index is 1.50. The Kier molecular flexibility index (Phi) is 9.51. The van der Waals surface area contributed by atoms with Gasteiger partial charge >= 0.3 is 0 Å². The molecular formula is C27H40N8O3. The number of aliphatic hydroxyl groups excluding tert-OH is 1. The molecule has 38 heavy (non-hydrogen) atoms. The van der Waals surface area contributed by atoms with Gasteiger partial charge < -0.3 is 25.6 Å². The van der Waals surface area contributed by atoms with Crippen molar-refractivity contribution in [3.63, 3.8) is 0 Å². The number of amides is 1. The van der Waals surface area contributed by atoms with Gasteiger partial charge in [0.2, 0.25) is 5.95 Å². The maximum absolute atomic E-state index is 12.0. The van der Waals surface area contributed by atoms with E-state index in [0.29, 0.717) is 25.5 Å². The van der Waals surface area contributed by atoms with Crippen molar-refractivity contribution in [3.8, 4) is 0 Å². The fourth-order valence-electron chi connectivity index (χ4n) is 4.96. The number of anilines is 2. The molecule has 1 aliphatic rings. The normalized spacial score (nSPS) is 15.2. The van der Waals surface area contributed by atoms with E-state index in [0.717, 1.165) is 49.9 Å². The van der Waals surface area contributed by atoms with Crippen molar-refractivity contribution in [2.45, 2.75) is 52.2 Å². The standard InChI is InChI=1S/C27H40N8O3/c1-3-4-5-22(17-36)30-26-25-23(31-27(28)32-26)8-9-35(25)16-21-14-20(7-6-19(21)2)15-33-10-12-34(13-11-33)24(37)18-38-29/h6-9,14,22,36H,3-5,10-13,15-18,29H2,1-2H3,(H3,28,30,31,32)/t22-/m0/s1. The van der Waals surface area contributed by atoms with Gasteiger partial charge in [0.1, 0.15) is 12.1 Å². The second-order valence-electron chi connectivity index (χ2n) is 10.0. The number of aromatic nitrogens is 3. The van der Waals surface area contributed by atoms with Crippen LogP contribution in [0.1, 0.15) is 42.9 Å². The molecule has 11 heteroatoms. The van der Waals surface area contributed by atoms with Crippen LogP contribution in [0.5, 0.6) is 0 Å². The zero-order chi connectivity index (χ0) is 27.1. The first-order valence-electron chi connectivity index (χ1n) is 13.3. The lowest BCUT2D eigenvalue weighted by atomic mass is 10.0. The smallest absolute Gasteiger partial charge is 0.250 e. The molecule has 1 aromatic carbocycles. The third kappa shape index (κ3) is 6.79. The van der Waals surface area contributed by atoms with Crippen molar-refractivity contribution < 1.29 is 14.7 Å². The molecule has 1 amide bonds. The summed E-state index contributed by atoms with van der Waals surface area (Å²) in [6.45, 7) is 8.62. The lowest BCUT2D eigenvalue weighted by Crippen LogP contribution is -2.49. The van der Waals surface area contributed by atoms with E-state index < -0.39 is 0 Å². The van der Waals surface area contributed by atoms with Crippen LogP contribution in [0, 0.1) is 6.92 Å². The zero-order valence-corrected chi connectivity index (χ0v) is 22.4. The monoisotopic (exact) mass is 524 g/mol. The van der Waals surface area contributed by atoms with Crippen LogP contribution in [-0.4, -0.2) is 80.8 Å². The van der Waals surface area contributed by atoms with Gasteiger partial charge in [-0.3, -0.25) is 14.5 Å². The number of rotatable bonds is 12. The SMILES string of the molecule is CCCC[C@@H](CO)Nc1nc(N)nc2ccn(Cc3cc(CN4CCN(C(=O)CON)CC4)ccc3C)c12. The Morgan fingerprint density at radius 1 is 1.18 bits per heavy atom. The highest BCUT2D eigenvalue weighted by molar-refractivity contribution is 5.87. The molecule has 1 saturated heterocycles. The number of aliphatic hydroxyl groups is 1. The molecule has 11 nitrogen and oxygen atoms in total. The van der Waals surface area contributed by atoms with Crippen LogP contribution in [0.25, 0.3) is 11.0 Å². The maximum atomic E-state index is 12.0. The first-order chi connectivity index (χ1) is 18.4.